The summed E-state index contributed by atoms with van der Waals surface area (Å²) >= 11 is 0. The van der Waals surface area contributed by atoms with Gasteiger partial charge in [0.05, 0.1) is 31.6 Å². The van der Waals surface area contributed by atoms with Crippen LogP contribution in [0.15, 0.2) is 48.7 Å². The summed E-state index contributed by atoms with van der Waals surface area (Å²) in [5.41, 5.74) is 2.23. The lowest BCUT2D eigenvalue weighted by Gasteiger charge is -2.50. The number of aromatic nitrogens is 1. The van der Waals surface area contributed by atoms with Crippen molar-refractivity contribution in [3.8, 4) is 5.75 Å². The van der Waals surface area contributed by atoms with Crippen LogP contribution < -0.4 is 4.74 Å². The van der Waals surface area contributed by atoms with E-state index in [-0.39, 0.29) is 5.60 Å². The first-order chi connectivity index (χ1) is 18.7. The summed E-state index contributed by atoms with van der Waals surface area (Å²) in [6, 6.07) is 14.2. The number of hydrogen-bond acceptors (Lipinski definition) is 7. The van der Waals surface area contributed by atoms with E-state index in [1.54, 1.807) is 13.3 Å². The van der Waals surface area contributed by atoms with Gasteiger partial charge in [0, 0.05) is 38.4 Å². The second kappa shape index (κ2) is 14.3. The first kappa shape index (κ1) is 32.8. The molecule has 1 spiro atoms. The Morgan fingerprint density at radius 2 is 1.68 bits per heavy atom. The van der Waals surface area contributed by atoms with Crippen molar-refractivity contribution in [1.29, 1.82) is 0 Å². The molecule has 0 amide bonds. The minimum absolute atomic E-state index is 0.0248. The number of pyridine rings is 1. The van der Waals surface area contributed by atoms with Crippen LogP contribution in [0.2, 0.25) is 0 Å². The maximum atomic E-state index is 10.6. The average molecular weight is 582 g/mol. The van der Waals surface area contributed by atoms with Crippen LogP contribution in [0.5, 0.6) is 5.75 Å². The lowest BCUT2D eigenvalue weighted by molar-refractivity contribution is -0.193. The number of likely N-dealkylation sites (tertiary alicyclic amines) is 1. The molecule has 222 valence electrons. The van der Waals surface area contributed by atoms with Gasteiger partial charge in [0.1, 0.15) is 5.75 Å². The standard InChI is InChI=1S/C21H26N2O3.2C2HF3O2/c1-24-20-7-4-5-17(11-20)12-23-15-21(16-23)18(8-10-26-21)13-25-14-19-6-2-3-9-22-19;2*3-2(4,5)1(6)7/h2-7,9,11,18H,8,10,12-16H2,1H3;2*(H,6,7). The highest BCUT2D eigenvalue weighted by Crippen LogP contribution is 2.40. The first-order valence-electron chi connectivity index (χ1n) is 11.7. The van der Waals surface area contributed by atoms with E-state index in [1.165, 1.54) is 5.56 Å². The summed E-state index contributed by atoms with van der Waals surface area (Å²) < 4.78 is 80.9. The number of halogens is 6. The molecule has 0 bridgehead atoms. The SMILES string of the molecule is COc1cccc(CN2CC3(C2)OCCC3COCc2ccccn2)c1.O=C(O)C(F)(F)F.O=C(O)C(F)(F)F. The molecule has 1 aromatic carbocycles. The maximum Gasteiger partial charge on any atom is 0.490 e. The molecule has 2 aromatic rings. The number of carboxylic acid groups (broad SMARTS) is 2. The molecule has 15 heteroatoms. The monoisotopic (exact) mass is 582 g/mol. The number of benzene rings is 1. The van der Waals surface area contributed by atoms with Crippen molar-refractivity contribution < 1.29 is 60.4 Å². The summed E-state index contributed by atoms with van der Waals surface area (Å²) in [4.78, 5) is 24.5. The van der Waals surface area contributed by atoms with E-state index in [2.05, 4.69) is 22.0 Å². The zero-order chi connectivity index (χ0) is 30.0. The van der Waals surface area contributed by atoms with Gasteiger partial charge in [-0.05, 0) is 36.2 Å². The van der Waals surface area contributed by atoms with Crippen molar-refractivity contribution >= 4 is 11.9 Å². The van der Waals surface area contributed by atoms with Crippen LogP contribution in [0, 0.1) is 5.92 Å². The highest BCUT2D eigenvalue weighted by atomic mass is 19.4. The van der Waals surface area contributed by atoms with Gasteiger partial charge in [-0.25, -0.2) is 9.59 Å². The van der Waals surface area contributed by atoms with E-state index in [1.807, 2.05) is 30.3 Å². The molecule has 2 aliphatic rings. The Labute approximate surface area is 225 Å². The van der Waals surface area contributed by atoms with Gasteiger partial charge in [-0.2, -0.15) is 26.3 Å². The Bertz CT molecular complexity index is 1070. The van der Waals surface area contributed by atoms with Crippen molar-refractivity contribution in [3.63, 3.8) is 0 Å². The molecule has 3 heterocycles. The second-order valence-corrected chi connectivity index (χ2v) is 8.84. The molecule has 0 radical (unpaired) electrons. The number of methoxy groups -OCH3 is 1. The largest absolute Gasteiger partial charge is 0.497 e. The van der Waals surface area contributed by atoms with Crippen molar-refractivity contribution in [2.75, 3.05) is 33.4 Å². The predicted octanol–water partition coefficient (Wildman–Crippen LogP) is 4.16. The zero-order valence-electron chi connectivity index (χ0n) is 21.2. The van der Waals surface area contributed by atoms with Crippen LogP contribution in [0.1, 0.15) is 17.7 Å². The van der Waals surface area contributed by atoms with Gasteiger partial charge in [-0.15, -0.1) is 0 Å². The smallest absolute Gasteiger partial charge is 0.490 e. The topological polar surface area (TPSA) is 118 Å². The number of nitrogens with zero attached hydrogens (tertiary/aromatic N) is 2. The van der Waals surface area contributed by atoms with Crippen LogP contribution >= 0.6 is 0 Å². The molecule has 4 rings (SSSR count). The number of alkyl halides is 6. The van der Waals surface area contributed by atoms with Gasteiger partial charge in [0.25, 0.3) is 0 Å². The Balaban J connectivity index is 0.000000333. The van der Waals surface area contributed by atoms with Crippen LogP contribution in [-0.2, 0) is 32.2 Å². The summed E-state index contributed by atoms with van der Waals surface area (Å²) in [6.45, 7) is 5.03. The van der Waals surface area contributed by atoms with E-state index in [4.69, 9.17) is 34.0 Å². The second-order valence-electron chi connectivity index (χ2n) is 8.84. The molecule has 1 unspecified atom stereocenters. The fourth-order valence-corrected chi connectivity index (χ4v) is 4.01. The highest BCUT2D eigenvalue weighted by Gasteiger charge is 2.52. The van der Waals surface area contributed by atoms with E-state index in [0.717, 1.165) is 50.7 Å². The molecule has 0 aliphatic carbocycles. The lowest BCUT2D eigenvalue weighted by Crippen LogP contribution is -2.64. The summed E-state index contributed by atoms with van der Waals surface area (Å²) in [5, 5.41) is 14.2. The van der Waals surface area contributed by atoms with Gasteiger partial charge in [-0.3, -0.25) is 9.88 Å². The Morgan fingerprint density at radius 3 is 2.20 bits per heavy atom. The molecule has 40 heavy (non-hydrogen) atoms. The highest BCUT2D eigenvalue weighted by molar-refractivity contribution is 5.73. The maximum absolute atomic E-state index is 10.6. The molecule has 9 nitrogen and oxygen atoms in total. The fraction of sp³-hybridized carbons (Fsp3) is 0.480. The normalized spacial score (nSPS) is 18.0. The average Bonchev–Trinajstić information content (AvgIpc) is 3.28. The van der Waals surface area contributed by atoms with Crippen molar-refractivity contribution in [3.05, 3.63) is 59.9 Å². The summed E-state index contributed by atoms with van der Waals surface area (Å²) in [5.74, 6) is -4.14. The molecule has 2 aliphatic heterocycles. The number of hydrogen-bond donors (Lipinski definition) is 2. The van der Waals surface area contributed by atoms with Crippen molar-refractivity contribution in [2.24, 2.45) is 5.92 Å². The summed E-state index contributed by atoms with van der Waals surface area (Å²) in [6.07, 6.45) is -7.28. The molecule has 1 atom stereocenters. The predicted molar refractivity (Wildman–Crippen MR) is 126 cm³/mol. The lowest BCUT2D eigenvalue weighted by atomic mass is 9.81. The Hall–Kier alpha value is -3.43. The van der Waals surface area contributed by atoms with Gasteiger partial charge >= 0.3 is 24.3 Å². The molecule has 2 fully saturated rings. The number of carboxylic acids is 2. The third-order valence-corrected chi connectivity index (χ3v) is 5.90. The fourth-order valence-electron chi connectivity index (χ4n) is 4.01. The van der Waals surface area contributed by atoms with E-state index in [9.17, 15) is 26.3 Å². The minimum Gasteiger partial charge on any atom is -0.497 e. The quantitative estimate of drug-likeness (QED) is 0.464. The minimum atomic E-state index is -5.08. The number of aliphatic carboxylic acids is 2. The molecule has 2 saturated heterocycles. The third-order valence-electron chi connectivity index (χ3n) is 5.90. The first-order valence-corrected chi connectivity index (χ1v) is 11.7. The molecular weight excluding hydrogens is 554 g/mol. The van der Waals surface area contributed by atoms with Crippen LogP contribution in [0.25, 0.3) is 0 Å². The number of rotatable bonds is 7. The molecule has 1 aromatic heterocycles. The van der Waals surface area contributed by atoms with E-state index < -0.39 is 24.3 Å². The van der Waals surface area contributed by atoms with Gasteiger partial charge in [0.15, 0.2) is 0 Å². The Morgan fingerprint density at radius 1 is 1.05 bits per heavy atom. The molecule has 0 saturated carbocycles. The molecule has 2 N–H and O–H groups in total. The number of carbonyl (C=O) groups is 2. The summed E-state index contributed by atoms with van der Waals surface area (Å²) in [7, 11) is 1.71. The third kappa shape index (κ3) is 10.3. The van der Waals surface area contributed by atoms with Gasteiger partial charge < -0.3 is 24.4 Å². The van der Waals surface area contributed by atoms with Gasteiger partial charge in [-0.1, -0.05) is 18.2 Å². The van der Waals surface area contributed by atoms with Crippen LogP contribution in [-0.4, -0.2) is 83.4 Å². The van der Waals surface area contributed by atoms with Crippen molar-refractivity contribution in [2.45, 2.75) is 37.5 Å². The van der Waals surface area contributed by atoms with Crippen LogP contribution in [0.4, 0.5) is 26.3 Å². The van der Waals surface area contributed by atoms with E-state index >= 15 is 0 Å². The zero-order valence-corrected chi connectivity index (χ0v) is 21.2. The van der Waals surface area contributed by atoms with Crippen molar-refractivity contribution in [1.82, 2.24) is 9.88 Å². The van der Waals surface area contributed by atoms with Gasteiger partial charge in [0.2, 0.25) is 0 Å². The van der Waals surface area contributed by atoms with E-state index in [0.29, 0.717) is 12.5 Å². The van der Waals surface area contributed by atoms with Crippen LogP contribution in [0.3, 0.4) is 0 Å². The number of ether oxygens (including phenoxy) is 3. The molecular formula is C25H28F6N2O7. The Kier molecular flexibility index (Phi) is 11.7.